The minimum atomic E-state index is -0.382. The molecule has 0 fully saturated rings. The van der Waals surface area contributed by atoms with E-state index < -0.39 is 0 Å². The van der Waals surface area contributed by atoms with Crippen molar-refractivity contribution >= 4 is 17.4 Å². The molecule has 4 nitrogen and oxygen atoms in total. The molecule has 156 valence electrons. The summed E-state index contributed by atoms with van der Waals surface area (Å²) in [7, 11) is 0. The Bertz CT molecular complexity index is 1100. The van der Waals surface area contributed by atoms with Crippen molar-refractivity contribution in [3.05, 3.63) is 108 Å². The van der Waals surface area contributed by atoms with Crippen molar-refractivity contribution < 1.29 is 9.53 Å². The number of hydrazone groups is 1. The molecule has 3 aromatic rings. The standard InChI is InChI=1S/C27H26N2O2/c1-4-20(3)27(30)31-24-16-12-22(13-17-24)26-18-25(21-8-6-5-7-9-21)28-29(26)23-14-10-19(2)11-15-23/h5-17,26H,3-4,18H2,1-2H3. The monoisotopic (exact) mass is 410 g/mol. The first-order valence-electron chi connectivity index (χ1n) is 10.5. The molecular weight excluding hydrogens is 384 g/mol. The van der Waals surface area contributed by atoms with Crippen molar-refractivity contribution in [1.29, 1.82) is 0 Å². The molecular formula is C27H26N2O2. The van der Waals surface area contributed by atoms with Gasteiger partial charge in [-0.1, -0.05) is 73.7 Å². The zero-order valence-corrected chi connectivity index (χ0v) is 17.9. The lowest BCUT2D eigenvalue weighted by Crippen LogP contribution is -2.18. The maximum atomic E-state index is 12.0. The third-order valence-electron chi connectivity index (χ3n) is 5.51. The van der Waals surface area contributed by atoms with Crippen molar-refractivity contribution in [2.45, 2.75) is 32.7 Å². The highest BCUT2D eigenvalue weighted by Crippen LogP contribution is 2.37. The number of anilines is 1. The van der Waals surface area contributed by atoms with Crippen LogP contribution in [0.3, 0.4) is 0 Å². The van der Waals surface area contributed by atoms with Crippen molar-refractivity contribution in [3.63, 3.8) is 0 Å². The molecule has 4 heteroatoms. The van der Waals surface area contributed by atoms with E-state index in [0.29, 0.717) is 17.7 Å². The van der Waals surface area contributed by atoms with Gasteiger partial charge in [-0.3, -0.25) is 5.01 Å². The first-order valence-corrected chi connectivity index (χ1v) is 10.5. The Hall–Kier alpha value is -3.66. The van der Waals surface area contributed by atoms with Crippen molar-refractivity contribution in [2.24, 2.45) is 5.10 Å². The van der Waals surface area contributed by atoms with E-state index in [-0.39, 0.29) is 12.0 Å². The number of ether oxygens (including phenoxy) is 1. The summed E-state index contributed by atoms with van der Waals surface area (Å²) in [6, 6.07) is 26.4. The summed E-state index contributed by atoms with van der Waals surface area (Å²) >= 11 is 0. The van der Waals surface area contributed by atoms with E-state index in [1.54, 1.807) is 0 Å². The van der Waals surface area contributed by atoms with Crippen LogP contribution in [0.4, 0.5) is 5.69 Å². The molecule has 0 bridgehead atoms. The molecule has 0 spiro atoms. The largest absolute Gasteiger partial charge is 0.423 e. The molecule has 0 aromatic heterocycles. The number of esters is 1. The van der Waals surface area contributed by atoms with Crippen molar-refractivity contribution in [2.75, 3.05) is 5.01 Å². The molecule has 1 atom stereocenters. The van der Waals surface area contributed by atoms with Crippen LogP contribution < -0.4 is 9.75 Å². The second-order valence-electron chi connectivity index (χ2n) is 7.73. The Labute approximate surface area is 183 Å². The molecule has 1 heterocycles. The van der Waals surface area contributed by atoms with Gasteiger partial charge in [-0.25, -0.2) is 4.79 Å². The minimum Gasteiger partial charge on any atom is -0.423 e. The van der Waals surface area contributed by atoms with Crippen LogP contribution in [0.15, 0.2) is 96.1 Å². The van der Waals surface area contributed by atoms with Gasteiger partial charge in [0, 0.05) is 12.0 Å². The van der Waals surface area contributed by atoms with Gasteiger partial charge >= 0.3 is 5.97 Å². The summed E-state index contributed by atoms with van der Waals surface area (Å²) < 4.78 is 5.42. The lowest BCUT2D eigenvalue weighted by atomic mass is 9.98. The highest BCUT2D eigenvalue weighted by atomic mass is 16.5. The Morgan fingerprint density at radius 1 is 1.03 bits per heavy atom. The second kappa shape index (κ2) is 9.00. The average molecular weight is 411 g/mol. The predicted octanol–water partition coefficient (Wildman–Crippen LogP) is 6.22. The van der Waals surface area contributed by atoms with Gasteiger partial charge in [0.25, 0.3) is 0 Å². The normalized spacial score (nSPS) is 15.5. The molecule has 0 amide bonds. The minimum absolute atomic E-state index is 0.0632. The highest BCUT2D eigenvalue weighted by molar-refractivity contribution is 6.03. The van der Waals surface area contributed by atoms with Crippen LogP contribution >= 0.6 is 0 Å². The summed E-state index contributed by atoms with van der Waals surface area (Å²) in [6.45, 7) is 7.71. The molecule has 0 saturated carbocycles. The van der Waals surface area contributed by atoms with E-state index in [1.807, 2.05) is 49.4 Å². The number of rotatable bonds is 6. The fourth-order valence-corrected chi connectivity index (χ4v) is 3.59. The molecule has 1 aliphatic rings. The first-order chi connectivity index (χ1) is 15.0. The molecule has 0 aliphatic carbocycles. The molecule has 1 unspecified atom stereocenters. The number of hydrogen-bond donors (Lipinski definition) is 0. The predicted molar refractivity (Wildman–Crippen MR) is 126 cm³/mol. The average Bonchev–Trinajstić information content (AvgIpc) is 3.25. The molecule has 31 heavy (non-hydrogen) atoms. The van der Waals surface area contributed by atoms with Crippen molar-refractivity contribution in [1.82, 2.24) is 0 Å². The van der Waals surface area contributed by atoms with Gasteiger partial charge in [0.05, 0.1) is 17.4 Å². The fourth-order valence-electron chi connectivity index (χ4n) is 3.59. The number of aryl methyl sites for hydroxylation is 1. The lowest BCUT2D eigenvalue weighted by Gasteiger charge is -2.24. The van der Waals surface area contributed by atoms with Crippen LogP contribution in [-0.2, 0) is 4.79 Å². The number of nitrogens with zero attached hydrogens (tertiary/aromatic N) is 2. The quantitative estimate of drug-likeness (QED) is 0.275. The smallest absolute Gasteiger partial charge is 0.338 e. The van der Waals surface area contributed by atoms with Crippen molar-refractivity contribution in [3.8, 4) is 5.75 Å². The van der Waals surface area contributed by atoms with Gasteiger partial charge in [-0.15, -0.1) is 0 Å². The van der Waals surface area contributed by atoms with Gasteiger partial charge in [0.15, 0.2) is 0 Å². The summed E-state index contributed by atoms with van der Waals surface area (Å²) in [5.74, 6) is 0.138. The van der Waals surface area contributed by atoms with Gasteiger partial charge in [-0.2, -0.15) is 5.10 Å². The maximum absolute atomic E-state index is 12.0. The van der Waals surface area contributed by atoms with Crippen LogP contribution in [0.1, 0.15) is 42.5 Å². The summed E-state index contributed by atoms with van der Waals surface area (Å²) in [4.78, 5) is 12.0. The molecule has 4 rings (SSSR count). The van der Waals surface area contributed by atoms with Crippen LogP contribution in [-0.4, -0.2) is 11.7 Å². The second-order valence-corrected chi connectivity index (χ2v) is 7.73. The van der Waals surface area contributed by atoms with E-state index in [2.05, 4.69) is 54.9 Å². The van der Waals surface area contributed by atoms with E-state index in [0.717, 1.165) is 28.9 Å². The Morgan fingerprint density at radius 3 is 2.35 bits per heavy atom. The molecule has 3 aromatic carbocycles. The molecule has 0 N–H and O–H groups in total. The van der Waals surface area contributed by atoms with Crippen LogP contribution in [0.25, 0.3) is 0 Å². The molecule has 0 saturated heterocycles. The van der Waals surface area contributed by atoms with Gasteiger partial charge in [-0.05, 0) is 48.7 Å². The highest BCUT2D eigenvalue weighted by Gasteiger charge is 2.30. The lowest BCUT2D eigenvalue weighted by molar-refractivity contribution is -0.130. The maximum Gasteiger partial charge on any atom is 0.338 e. The van der Waals surface area contributed by atoms with Crippen LogP contribution in [0.2, 0.25) is 0 Å². The van der Waals surface area contributed by atoms with E-state index >= 15 is 0 Å². The molecule has 1 aliphatic heterocycles. The first kappa shape index (κ1) is 20.6. The van der Waals surface area contributed by atoms with Crippen LogP contribution in [0.5, 0.6) is 5.75 Å². The fraction of sp³-hybridized carbons (Fsp3) is 0.185. The number of benzene rings is 3. The summed E-state index contributed by atoms with van der Waals surface area (Å²) in [5, 5.41) is 7.06. The Kier molecular flexibility index (Phi) is 5.99. The van der Waals surface area contributed by atoms with Crippen LogP contribution in [0, 0.1) is 6.92 Å². The SMILES string of the molecule is C=C(CC)C(=O)Oc1ccc(C2CC(c3ccccc3)=NN2c2ccc(C)cc2)cc1. The van der Waals surface area contributed by atoms with Gasteiger partial charge in [0.1, 0.15) is 5.75 Å². The summed E-state index contributed by atoms with van der Waals surface area (Å²) in [5.41, 5.74) is 6.03. The number of carbonyl (C=O) groups excluding carboxylic acids is 1. The van der Waals surface area contributed by atoms with E-state index in [4.69, 9.17) is 9.84 Å². The summed E-state index contributed by atoms with van der Waals surface area (Å²) in [6.07, 6.45) is 1.37. The third-order valence-corrected chi connectivity index (χ3v) is 5.51. The molecule has 0 radical (unpaired) electrons. The topological polar surface area (TPSA) is 41.9 Å². The van der Waals surface area contributed by atoms with E-state index in [1.165, 1.54) is 5.56 Å². The Morgan fingerprint density at radius 2 is 1.71 bits per heavy atom. The van der Waals surface area contributed by atoms with Gasteiger partial charge in [0.2, 0.25) is 0 Å². The number of carbonyl (C=O) groups is 1. The zero-order chi connectivity index (χ0) is 21.8. The third kappa shape index (κ3) is 4.58. The number of hydrogen-bond acceptors (Lipinski definition) is 4. The van der Waals surface area contributed by atoms with E-state index in [9.17, 15) is 4.79 Å². The van der Waals surface area contributed by atoms with Gasteiger partial charge < -0.3 is 4.74 Å². The Balaban J connectivity index is 1.62. The zero-order valence-electron chi connectivity index (χ0n) is 17.9.